The fourth-order valence-corrected chi connectivity index (χ4v) is 7.48. The molecule has 4 heteroatoms. The lowest BCUT2D eigenvalue weighted by molar-refractivity contribution is -0.114. The minimum atomic E-state index is -0.0429. The zero-order chi connectivity index (χ0) is 20.5. The van der Waals surface area contributed by atoms with Crippen molar-refractivity contribution in [1.82, 2.24) is 0 Å². The third kappa shape index (κ3) is 2.56. The van der Waals surface area contributed by atoms with Crippen molar-refractivity contribution in [1.29, 1.82) is 0 Å². The lowest BCUT2D eigenvalue weighted by atomic mass is 9.43. The third-order valence-corrected chi connectivity index (χ3v) is 8.88. The van der Waals surface area contributed by atoms with Crippen LogP contribution in [0.4, 0.5) is 5.69 Å². The second kappa shape index (κ2) is 6.22. The molecule has 2 saturated carbocycles. The Morgan fingerprint density at radius 3 is 2.50 bits per heavy atom. The maximum absolute atomic E-state index is 11.6. The first-order chi connectivity index (χ1) is 13.0. The Hall–Kier alpha value is -1.55. The smallest absolute Gasteiger partial charge is 0.221 e. The molecular formula is C24H36N2O2. The Kier molecular flexibility index (Phi) is 4.39. The molecule has 1 aromatic carbocycles. The summed E-state index contributed by atoms with van der Waals surface area (Å²) < 4.78 is 5.85. The van der Waals surface area contributed by atoms with Gasteiger partial charge >= 0.3 is 0 Å². The van der Waals surface area contributed by atoms with Crippen LogP contribution in [0, 0.1) is 22.7 Å². The van der Waals surface area contributed by atoms with Crippen molar-refractivity contribution in [2.75, 3.05) is 12.4 Å². The molecule has 2 fully saturated rings. The van der Waals surface area contributed by atoms with Gasteiger partial charge in [-0.05, 0) is 66.4 Å². The van der Waals surface area contributed by atoms with Gasteiger partial charge in [0.05, 0.1) is 7.11 Å². The first kappa shape index (κ1) is 19.8. The molecule has 154 valence electrons. The monoisotopic (exact) mass is 384 g/mol. The Morgan fingerprint density at radius 1 is 1.14 bits per heavy atom. The van der Waals surface area contributed by atoms with Gasteiger partial charge < -0.3 is 15.8 Å². The molecule has 0 saturated heterocycles. The van der Waals surface area contributed by atoms with Crippen LogP contribution in [-0.2, 0) is 16.6 Å². The van der Waals surface area contributed by atoms with Crippen molar-refractivity contribution in [3.8, 4) is 5.75 Å². The molecule has 0 spiro atoms. The molecule has 0 radical (unpaired) electrons. The molecule has 5 unspecified atom stereocenters. The largest absolute Gasteiger partial charge is 0.496 e. The number of hydrogen-bond acceptors (Lipinski definition) is 3. The average molecular weight is 385 g/mol. The molecule has 4 rings (SSSR count). The highest BCUT2D eigenvalue weighted by Gasteiger charge is 2.62. The normalized spacial score (nSPS) is 38.2. The van der Waals surface area contributed by atoms with Crippen molar-refractivity contribution >= 4 is 11.6 Å². The summed E-state index contributed by atoms with van der Waals surface area (Å²) in [5.41, 5.74) is 10.7. The van der Waals surface area contributed by atoms with E-state index in [1.807, 2.05) is 6.07 Å². The predicted molar refractivity (Wildman–Crippen MR) is 114 cm³/mol. The highest BCUT2D eigenvalue weighted by Crippen LogP contribution is 2.68. The minimum Gasteiger partial charge on any atom is -0.496 e. The zero-order valence-corrected chi connectivity index (χ0v) is 18.3. The lowest BCUT2D eigenvalue weighted by Crippen LogP contribution is -2.60. The molecule has 28 heavy (non-hydrogen) atoms. The van der Waals surface area contributed by atoms with E-state index in [9.17, 15) is 4.79 Å². The summed E-state index contributed by atoms with van der Waals surface area (Å²) in [5.74, 6) is 2.12. The molecule has 1 aromatic rings. The van der Waals surface area contributed by atoms with Crippen molar-refractivity contribution in [2.24, 2.45) is 28.4 Å². The number of fused-ring (bicyclic) bond motifs is 5. The van der Waals surface area contributed by atoms with Crippen molar-refractivity contribution in [3.05, 3.63) is 23.3 Å². The Balaban J connectivity index is 1.80. The molecule has 0 aliphatic heterocycles. The van der Waals surface area contributed by atoms with Gasteiger partial charge in [-0.15, -0.1) is 0 Å². The number of ether oxygens (including phenoxy) is 1. The maximum Gasteiger partial charge on any atom is 0.221 e. The summed E-state index contributed by atoms with van der Waals surface area (Å²) in [6, 6.07) is 4.48. The van der Waals surface area contributed by atoms with Gasteiger partial charge in [-0.25, -0.2) is 0 Å². The minimum absolute atomic E-state index is 0.0429. The summed E-state index contributed by atoms with van der Waals surface area (Å²) in [4.78, 5) is 11.6. The van der Waals surface area contributed by atoms with Crippen molar-refractivity contribution < 1.29 is 9.53 Å². The fraction of sp³-hybridized carbons (Fsp3) is 0.708. The van der Waals surface area contributed by atoms with Crippen LogP contribution in [-0.4, -0.2) is 19.1 Å². The summed E-state index contributed by atoms with van der Waals surface area (Å²) in [6.45, 7) is 11.3. The van der Waals surface area contributed by atoms with Crippen LogP contribution < -0.4 is 15.8 Å². The summed E-state index contributed by atoms with van der Waals surface area (Å²) in [5, 5.41) is 2.95. The van der Waals surface area contributed by atoms with Gasteiger partial charge in [-0.2, -0.15) is 0 Å². The number of carbonyl (C=O) groups is 1. The van der Waals surface area contributed by atoms with E-state index in [2.05, 4.69) is 39.1 Å². The Morgan fingerprint density at radius 2 is 1.86 bits per heavy atom. The Bertz CT molecular complexity index is 817. The summed E-state index contributed by atoms with van der Waals surface area (Å²) >= 11 is 0. The number of benzene rings is 1. The average Bonchev–Trinajstić information content (AvgIpc) is 2.91. The van der Waals surface area contributed by atoms with Crippen LogP contribution in [0.5, 0.6) is 5.75 Å². The Labute approximate surface area is 169 Å². The second-order valence-corrected chi connectivity index (χ2v) is 10.6. The quantitative estimate of drug-likeness (QED) is 0.780. The molecule has 5 atom stereocenters. The van der Waals surface area contributed by atoms with Gasteiger partial charge in [0.15, 0.2) is 0 Å². The highest BCUT2D eigenvalue weighted by molar-refractivity contribution is 5.89. The zero-order valence-electron chi connectivity index (χ0n) is 18.3. The van der Waals surface area contributed by atoms with E-state index in [4.69, 9.17) is 10.5 Å². The van der Waals surface area contributed by atoms with Gasteiger partial charge in [-0.1, -0.05) is 27.7 Å². The van der Waals surface area contributed by atoms with E-state index in [0.29, 0.717) is 17.9 Å². The topological polar surface area (TPSA) is 64.3 Å². The first-order valence-electron chi connectivity index (χ1n) is 10.8. The second-order valence-electron chi connectivity index (χ2n) is 10.6. The van der Waals surface area contributed by atoms with E-state index in [-0.39, 0.29) is 22.2 Å². The predicted octanol–water partition coefficient (Wildman–Crippen LogP) is 4.65. The molecule has 3 N–H and O–H groups in total. The van der Waals surface area contributed by atoms with Crippen LogP contribution in [0.25, 0.3) is 0 Å². The van der Waals surface area contributed by atoms with Gasteiger partial charge in [0.25, 0.3) is 0 Å². The number of nitrogens with two attached hydrogens (primary N) is 1. The number of methoxy groups -OCH3 is 1. The standard InChI is InChI=1S/C24H36N2O2/c1-14(27)26-16-11-15-12-19-23(4)10-8-20(25)22(2,3)18(23)7-9-24(19,5)21(15)17(13-16)28-6/h11,13,18-20H,7-10,12,25H2,1-6H3,(H,26,27). The number of amides is 1. The fourth-order valence-electron chi connectivity index (χ4n) is 7.48. The van der Waals surface area contributed by atoms with Crippen LogP contribution in [0.2, 0.25) is 0 Å². The van der Waals surface area contributed by atoms with E-state index in [1.54, 1.807) is 14.0 Å². The number of carbonyl (C=O) groups excluding carboxylic acids is 1. The van der Waals surface area contributed by atoms with E-state index >= 15 is 0 Å². The van der Waals surface area contributed by atoms with Gasteiger partial charge in [-0.3, -0.25) is 4.79 Å². The van der Waals surface area contributed by atoms with Crippen LogP contribution >= 0.6 is 0 Å². The molecule has 4 nitrogen and oxygen atoms in total. The van der Waals surface area contributed by atoms with Gasteiger partial charge in [0, 0.05) is 35.7 Å². The first-order valence-corrected chi connectivity index (χ1v) is 10.8. The summed E-state index contributed by atoms with van der Waals surface area (Å²) in [7, 11) is 1.75. The van der Waals surface area contributed by atoms with Gasteiger partial charge in [0.2, 0.25) is 5.91 Å². The maximum atomic E-state index is 11.6. The van der Waals surface area contributed by atoms with E-state index < -0.39 is 0 Å². The van der Waals surface area contributed by atoms with Crippen LogP contribution in [0.3, 0.4) is 0 Å². The molecule has 0 heterocycles. The number of nitrogens with one attached hydrogen (secondary N) is 1. The van der Waals surface area contributed by atoms with E-state index in [0.717, 1.165) is 24.3 Å². The van der Waals surface area contributed by atoms with Gasteiger partial charge in [0.1, 0.15) is 5.75 Å². The molecule has 0 aromatic heterocycles. The number of rotatable bonds is 2. The number of anilines is 1. The summed E-state index contributed by atoms with van der Waals surface area (Å²) in [6.07, 6.45) is 5.78. The highest BCUT2D eigenvalue weighted by atomic mass is 16.5. The lowest BCUT2D eigenvalue weighted by Gasteiger charge is -2.62. The number of hydrogen-bond donors (Lipinski definition) is 2. The molecule has 0 bridgehead atoms. The third-order valence-electron chi connectivity index (χ3n) is 8.88. The van der Waals surface area contributed by atoms with Crippen LogP contribution in [0.15, 0.2) is 12.1 Å². The molecule has 3 aliphatic rings. The van der Waals surface area contributed by atoms with Crippen molar-refractivity contribution in [3.63, 3.8) is 0 Å². The molecule has 1 amide bonds. The molecular weight excluding hydrogens is 348 g/mol. The van der Waals surface area contributed by atoms with Crippen LogP contribution in [0.1, 0.15) is 71.4 Å². The van der Waals surface area contributed by atoms with E-state index in [1.165, 1.54) is 30.4 Å². The van der Waals surface area contributed by atoms with Crippen molar-refractivity contribution in [2.45, 2.75) is 78.2 Å². The molecule has 3 aliphatic carbocycles. The SMILES string of the molecule is COc1cc(NC(C)=O)cc2c1C1(C)CCC3C(C)(C)C(N)CCC3(C)C1C2.